The van der Waals surface area contributed by atoms with E-state index in [1.165, 1.54) is 18.4 Å². The molecule has 2 aromatic heterocycles. The number of oxazole rings is 1. The van der Waals surface area contributed by atoms with Crippen LogP contribution in [-0.2, 0) is 6.54 Å². The molecule has 0 aliphatic carbocycles. The van der Waals surface area contributed by atoms with E-state index in [9.17, 15) is 9.18 Å². The predicted octanol–water partition coefficient (Wildman–Crippen LogP) is 3.03. The number of amides is 1. The molecular weight excluding hydrogens is 337 g/mol. The van der Waals surface area contributed by atoms with E-state index in [2.05, 4.69) is 9.88 Å². The van der Waals surface area contributed by atoms with Gasteiger partial charge in [-0.1, -0.05) is 0 Å². The van der Waals surface area contributed by atoms with E-state index in [1.54, 1.807) is 35.4 Å². The Hall–Kier alpha value is -2.93. The molecule has 0 unspecified atom stereocenters. The van der Waals surface area contributed by atoms with Crippen molar-refractivity contribution in [3.63, 3.8) is 0 Å². The second kappa shape index (κ2) is 7.13. The Morgan fingerprint density at radius 1 is 1.12 bits per heavy atom. The van der Waals surface area contributed by atoms with E-state index in [4.69, 9.17) is 8.83 Å². The lowest BCUT2D eigenvalue weighted by Crippen LogP contribution is -2.48. The van der Waals surface area contributed by atoms with Crippen molar-refractivity contribution in [3.05, 3.63) is 66.3 Å². The van der Waals surface area contributed by atoms with Gasteiger partial charge in [-0.15, -0.1) is 0 Å². The van der Waals surface area contributed by atoms with Crippen LogP contribution in [-0.4, -0.2) is 46.9 Å². The number of carbonyl (C=O) groups is 1. The number of piperazine rings is 1. The zero-order chi connectivity index (χ0) is 17.9. The molecule has 1 aliphatic rings. The summed E-state index contributed by atoms with van der Waals surface area (Å²) in [6, 6.07) is 9.51. The van der Waals surface area contributed by atoms with Crippen LogP contribution in [0.1, 0.15) is 16.4 Å². The Labute approximate surface area is 149 Å². The van der Waals surface area contributed by atoms with Gasteiger partial charge in [0.25, 0.3) is 5.91 Å². The van der Waals surface area contributed by atoms with Crippen LogP contribution in [0.25, 0.3) is 11.3 Å². The lowest BCUT2D eigenvalue weighted by molar-refractivity contribution is 0.0588. The quantitative estimate of drug-likeness (QED) is 0.720. The molecule has 134 valence electrons. The first-order valence-electron chi connectivity index (χ1n) is 8.45. The number of carbonyl (C=O) groups excluding carboxylic acids is 1. The minimum absolute atomic E-state index is 0.0793. The second-order valence-electron chi connectivity index (χ2n) is 6.17. The van der Waals surface area contributed by atoms with Crippen molar-refractivity contribution in [2.45, 2.75) is 6.54 Å². The molecule has 3 aromatic rings. The Morgan fingerprint density at radius 3 is 2.58 bits per heavy atom. The van der Waals surface area contributed by atoms with E-state index >= 15 is 0 Å². The van der Waals surface area contributed by atoms with E-state index < -0.39 is 0 Å². The standard InChI is InChI=1S/C19H18FN3O3/c20-15-5-3-14(4-6-15)17-12-21-18(26-17)13-22-7-9-23(10-8-22)19(24)16-2-1-11-25-16/h1-6,11-12H,7-10,13H2. The fourth-order valence-corrected chi connectivity index (χ4v) is 2.99. The molecule has 0 N–H and O–H groups in total. The van der Waals surface area contributed by atoms with Crippen molar-refractivity contribution in [3.8, 4) is 11.3 Å². The molecule has 0 radical (unpaired) electrons. The minimum atomic E-state index is -0.282. The molecule has 1 aliphatic heterocycles. The second-order valence-corrected chi connectivity index (χ2v) is 6.17. The van der Waals surface area contributed by atoms with Crippen LogP contribution in [0.2, 0.25) is 0 Å². The molecule has 1 amide bonds. The Morgan fingerprint density at radius 2 is 1.88 bits per heavy atom. The molecule has 26 heavy (non-hydrogen) atoms. The molecule has 7 heteroatoms. The predicted molar refractivity (Wildman–Crippen MR) is 91.8 cm³/mol. The summed E-state index contributed by atoms with van der Waals surface area (Å²) in [7, 11) is 0. The highest BCUT2D eigenvalue weighted by Crippen LogP contribution is 2.21. The van der Waals surface area contributed by atoms with Gasteiger partial charge in [0, 0.05) is 31.7 Å². The number of halogens is 1. The highest BCUT2D eigenvalue weighted by atomic mass is 19.1. The van der Waals surface area contributed by atoms with Gasteiger partial charge in [-0.05, 0) is 36.4 Å². The van der Waals surface area contributed by atoms with Crippen molar-refractivity contribution < 1.29 is 18.0 Å². The smallest absolute Gasteiger partial charge is 0.289 e. The third-order valence-electron chi connectivity index (χ3n) is 4.43. The Kier molecular flexibility index (Phi) is 4.53. The molecule has 0 bridgehead atoms. The van der Waals surface area contributed by atoms with Crippen LogP contribution < -0.4 is 0 Å². The van der Waals surface area contributed by atoms with Crippen molar-refractivity contribution in [1.29, 1.82) is 0 Å². The average molecular weight is 355 g/mol. The van der Waals surface area contributed by atoms with Crippen molar-refractivity contribution in [2.75, 3.05) is 26.2 Å². The Balaban J connectivity index is 1.33. The SMILES string of the molecule is O=C(c1ccco1)N1CCN(Cc2ncc(-c3ccc(F)cc3)o2)CC1. The summed E-state index contributed by atoms with van der Waals surface area (Å²) in [5.41, 5.74) is 0.791. The van der Waals surface area contributed by atoms with Gasteiger partial charge >= 0.3 is 0 Å². The number of aromatic nitrogens is 1. The van der Waals surface area contributed by atoms with E-state index in [1.807, 2.05) is 0 Å². The third kappa shape index (κ3) is 3.52. The van der Waals surface area contributed by atoms with Crippen LogP contribution in [0.4, 0.5) is 4.39 Å². The summed E-state index contributed by atoms with van der Waals surface area (Å²) < 4.78 is 24.0. The summed E-state index contributed by atoms with van der Waals surface area (Å²) in [4.78, 5) is 20.5. The average Bonchev–Trinajstić information content (AvgIpc) is 3.35. The number of furan rings is 1. The molecule has 0 spiro atoms. The largest absolute Gasteiger partial charge is 0.459 e. The lowest BCUT2D eigenvalue weighted by atomic mass is 10.2. The van der Waals surface area contributed by atoms with Crippen LogP contribution >= 0.6 is 0 Å². The van der Waals surface area contributed by atoms with Crippen LogP contribution in [0, 0.1) is 5.82 Å². The fourth-order valence-electron chi connectivity index (χ4n) is 2.99. The van der Waals surface area contributed by atoms with E-state index in [-0.39, 0.29) is 11.7 Å². The lowest BCUT2D eigenvalue weighted by Gasteiger charge is -2.33. The van der Waals surface area contributed by atoms with Crippen molar-refractivity contribution in [1.82, 2.24) is 14.8 Å². The number of rotatable bonds is 4. The van der Waals surface area contributed by atoms with Crippen molar-refractivity contribution in [2.24, 2.45) is 0 Å². The highest BCUT2D eigenvalue weighted by Gasteiger charge is 2.24. The molecule has 3 heterocycles. The fraction of sp³-hybridized carbons (Fsp3) is 0.263. The number of benzene rings is 1. The molecule has 0 atom stereocenters. The monoisotopic (exact) mass is 355 g/mol. The first-order valence-corrected chi connectivity index (χ1v) is 8.45. The van der Waals surface area contributed by atoms with Gasteiger partial charge < -0.3 is 13.7 Å². The number of hydrogen-bond acceptors (Lipinski definition) is 5. The first-order chi connectivity index (χ1) is 12.7. The van der Waals surface area contributed by atoms with Crippen LogP contribution in [0.5, 0.6) is 0 Å². The third-order valence-corrected chi connectivity index (χ3v) is 4.43. The van der Waals surface area contributed by atoms with Gasteiger partial charge in [0.05, 0.1) is 19.0 Å². The van der Waals surface area contributed by atoms with Gasteiger partial charge in [0.1, 0.15) is 5.82 Å². The maximum Gasteiger partial charge on any atom is 0.289 e. The summed E-state index contributed by atoms with van der Waals surface area (Å²) >= 11 is 0. The molecule has 1 aromatic carbocycles. The summed E-state index contributed by atoms with van der Waals surface area (Å²) in [5.74, 6) is 1.23. The van der Waals surface area contributed by atoms with E-state index in [0.29, 0.717) is 37.0 Å². The normalized spacial score (nSPS) is 15.3. The molecule has 4 rings (SSSR count). The van der Waals surface area contributed by atoms with E-state index in [0.717, 1.165) is 18.7 Å². The zero-order valence-corrected chi connectivity index (χ0v) is 14.1. The molecule has 6 nitrogen and oxygen atoms in total. The molecule has 0 saturated carbocycles. The molecular formula is C19H18FN3O3. The first kappa shape index (κ1) is 16.5. The van der Waals surface area contributed by atoms with Crippen molar-refractivity contribution >= 4 is 5.91 Å². The topological polar surface area (TPSA) is 62.7 Å². The summed E-state index contributed by atoms with van der Waals surface area (Å²) in [6.07, 6.45) is 3.16. The van der Waals surface area contributed by atoms with Gasteiger partial charge in [-0.25, -0.2) is 9.37 Å². The summed E-state index contributed by atoms with van der Waals surface area (Å²) in [6.45, 7) is 3.31. The molecule has 1 fully saturated rings. The molecule has 1 saturated heterocycles. The highest BCUT2D eigenvalue weighted by molar-refractivity contribution is 5.91. The minimum Gasteiger partial charge on any atom is -0.459 e. The van der Waals surface area contributed by atoms with Gasteiger partial charge in [0.2, 0.25) is 5.89 Å². The number of hydrogen-bond donors (Lipinski definition) is 0. The number of nitrogens with zero attached hydrogens (tertiary/aromatic N) is 3. The van der Waals surface area contributed by atoms with Gasteiger partial charge in [-0.2, -0.15) is 0 Å². The van der Waals surface area contributed by atoms with Crippen LogP contribution in [0.3, 0.4) is 0 Å². The maximum absolute atomic E-state index is 13.0. The van der Waals surface area contributed by atoms with Gasteiger partial charge in [0.15, 0.2) is 11.5 Å². The Bertz CT molecular complexity index is 866. The maximum atomic E-state index is 13.0. The van der Waals surface area contributed by atoms with Crippen LogP contribution in [0.15, 0.2) is 57.7 Å². The summed E-state index contributed by atoms with van der Waals surface area (Å²) in [5, 5.41) is 0. The van der Waals surface area contributed by atoms with Gasteiger partial charge in [-0.3, -0.25) is 9.69 Å². The zero-order valence-electron chi connectivity index (χ0n) is 14.1.